The molecule has 0 aliphatic carbocycles. The molecule has 0 atom stereocenters. The van der Waals surface area contributed by atoms with Crippen molar-refractivity contribution in [1.29, 1.82) is 0 Å². The minimum atomic E-state index is 0.235. The fourth-order valence-corrected chi connectivity index (χ4v) is 2.18. The van der Waals surface area contributed by atoms with Gasteiger partial charge in [0.05, 0.1) is 0 Å². The Kier molecular flexibility index (Phi) is 3.31. The number of benzene rings is 2. The molecule has 0 amide bonds. The summed E-state index contributed by atoms with van der Waals surface area (Å²) in [5, 5.41) is 10.4. The van der Waals surface area contributed by atoms with Gasteiger partial charge >= 0.3 is 0 Å². The SMILES string of the molecule is NCc1ccc2c(COc3ccc(O)cc3)c[nH]c2c1. The van der Waals surface area contributed by atoms with E-state index in [1.165, 1.54) is 0 Å². The van der Waals surface area contributed by atoms with Gasteiger partial charge in [-0.15, -0.1) is 0 Å². The molecule has 0 spiro atoms. The molecule has 4 nitrogen and oxygen atoms in total. The second-order valence-electron chi connectivity index (χ2n) is 4.68. The van der Waals surface area contributed by atoms with E-state index in [0.29, 0.717) is 13.2 Å². The summed E-state index contributed by atoms with van der Waals surface area (Å²) < 4.78 is 5.71. The van der Waals surface area contributed by atoms with Crippen LogP contribution in [-0.4, -0.2) is 10.1 Å². The van der Waals surface area contributed by atoms with Crippen LogP contribution in [0.2, 0.25) is 0 Å². The van der Waals surface area contributed by atoms with E-state index in [-0.39, 0.29) is 5.75 Å². The Morgan fingerprint density at radius 1 is 1.10 bits per heavy atom. The van der Waals surface area contributed by atoms with Crippen LogP contribution >= 0.6 is 0 Å². The zero-order chi connectivity index (χ0) is 13.9. The van der Waals surface area contributed by atoms with Crippen LogP contribution in [0.1, 0.15) is 11.1 Å². The smallest absolute Gasteiger partial charge is 0.120 e. The van der Waals surface area contributed by atoms with Gasteiger partial charge in [-0.3, -0.25) is 0 Å². The van der Waals surface area contributed by atoms with Crippen LogP contribution in [0, 0.1) is 0 Å². The molecule has 4 N–H and O–H groups in total. The van der Waals surface area contributed by atoms with Gasteiger partial charge in [0.15, 0.2) is 0 Å². The van der Waals surface area contributed by atoms with Crippen LogP contribution in [-0.2, 0) is 13.2 Å². The van der Waals surface area contributed by atoms with Crippen molar-refractivity contribution in [1.82, 2.24) is 4.98 Å². The van der Waals surface area contributed by atoms with Gasteiger partial charge in [0.1, 0.15) is 18.1 Å². The number of fused-ring (bicyclic) bond motifs is 1. The van der Waals surface area contributed by atoms with Gasteiger partial charge in [-0.2, -0.15) is 0 Å². The fourth-order valence-electron chi connectivity index (χ4n) is 2.18. The number of hydrogen-bond donors (Lipinski definition) is 3. The highest BCUT2D eigenvalue weighted by Gasteiger charge is 2.05. The molecule has 0 fully saturated rings. The summed E-state index contributed by atoms with van der Waals surface area (Å²) in [5.41, 5.74) is 8.90. The van der Waals surface area contributed by atoms with E-state index in [1.807, 2.05) is 12.3 Å². The van der Waals surface area contributed by atoms with Gasteiger partial charge in [0, 0.05) is 29.2 Å². The maximum atomic E-state index is 9.23. The molecule has 0 aliphatic heterocycles. The van der Waals surface area contributed by atoms with E-state index < -0.39 is 0 Å². The van der Waals surface area contributed by atoms with Crippen molar-refractivity contribution in [2.75, 3.05) is 0 Å². The first-order valence-electron chi connectivity index (χ1n) is 6.47. The second kappa shape index (κ2) is 5.27. The number of ether oxygens (including phenoxy) is 1. The Morgan fingerprint density at radius 3 is 2.65 bits per heavy atom. The van der Waals surface area contributed by atoms with Crippen molar-refractivity contribution in [2.45, 2.75) is 13.2 Å². The number of phenolic OH excluding ortho intramolecular Hbond substituents is 1. The van der Waals surface area contributed by atoms with Gasteiger partial charge in [-0.1, -0.05) is 12.1 Å². The number of nitrogens with one attached hydrogen (secondary N) is 1. The molecule has 4 heteroatoms. The molecule has 0 aliphatic rings. The number of nitrogens with two attached hydrogens (primary N) is 1. The monoisotopic (exact) mass is 268 g/mol. The maximum Gasteiger partial charge on any atom is 0.120 e. The van der Waals surface area contributed by atoms with E-state index in [2.05, 4.69) is 17.1 Å². The zero-order valence-corrected chi connectivity index (χ0v) is 11.0. The van der Waals surface area contributed by atoms with Crippen molar-refractivity contribution in [3.05, 3.63) is 59.8 Å². The van der Waals surface area contributed by atoms with E-state index in [4.69, 9.17) is 10.5 Å². The van der Waals surface area contributed by atoms with Crippen molar-refractivity contribution in [3.63, 3.8) is 0 Å². The Hall–Kier alpha value is -2.46. The van der Waals surface area contributed by atoms with Gasteiger partial charge in [0.2, 0.25) is 0 Å². The molecule has 102 valence electrons. The molecule has 1 aromatic heterocycles. The summed E-state index contributed by atoms with van der Waals surface area (Å²) in [7, 11) is 0. The summed E-state index contributed by atoms with van der Waals surface area (Å²) in [4.78, 5) is 3.23. The van der Waals surface area contributed by atoms with Crippen LogP contribution in [0.15, 0.2) is 48.7 Å². The second-order valence-corrected chi connectivity index (χ2v) is 4.68. The topological polar surface area (TPSA) is 71.3 Å². The van der Waals surface area contributed by atoms with Crippen LogP contribution in [0.5, 0.6) is 11.5 Å². The van der Waals surface area contributed by atoms with E-state index in [0.717, 1.165) is 27.8 Å². The van der Waals surface area contributed by atoms with Gasteiger partial charge in [-0.25, -0.2) is 0 Å². The van der Waals surface area contributed by atoms with Crippen molar-refractivity contribution in [2.24, 2.45) is 5.73 Å². The third-order valence-corrected chi connectivity index (χ3v) is 3.30. The molecular formula is C16H16N2O2. The number of aromatic amines is 1. The number of aromatic nitrogens is 1. The first-order valence-corrected chi connectivity index (χ1v) is 6.47. The molecule has 3 aromatic rings. The number of phenols is 1. The van der Waals surface area contributed by atoms with Crippen molar-refractivity contribution >= 4 is 10.9 Å². The minimum Gasteiger partial charge on any atom is -0.508 e. The average molecular weight is 268 g/mol. The number of aromatic hydroxyl groups is 1. The van der Waals surface area contributed by atoms with E-state index >= 15 is 0 Å². The lowest BCUT2D eigenvalue weighted by molar-refractivity contribution is 0.307. The lowest BCUT2D eigenvalue weighted by atomic mass is 10.1. The lowest BCUT2D eigenvalue weighted by Crippen LogP contribution is -1.96. The highest BCUT2D eigenvalue weighted by Crippen LogP contribution is 2.22. The molecular weight excluding hydrogens is 252 g/mol. The summed E-state index contributed by atoms with van der Waals surface area (Å²) in [6, 6.07) is 12.9. The average Bonchev–Trinajstić information content (AvgIpc) is 2.89. The van der Waals surface area contributed by atoms with Gasteiger partial charge in [-0.05, 0) is 35.9 Å². The van der Waals surface area contributed by atoms with Crippen molar-refractivity contribution in [3.8, 4) is 11.5 Å². The van der Waals surface area contributed by atoms with E-state index in [9.17, 15) is 5.11 Å². The molecule has 0 saturated carbocycles. The molecule has 3 rings (SSSR count). The van der Waals surface area contributed by atoms with Gasteiger partial charge < -0.3 is 20.6 Å². The molecule has 1 heterocycles. The normalized spacial score (nSPS) is 10.8. The zero-order valence-electron chi connectivity index (χ0n) is 11.0. The summed E-state index contributed by atoms with van der Waals surface area (Å²) in [6.45, 7) is 1.01. The van der Waals surface area contributed by atoms with Gasteiger partial charge in [0.25, 0.3) is 0 Å². The standard InChI is InChI=1S/C16H16N2O2/c17-8-11-1-6-15-12(9-18-16(15)7-11)10-20-14-4-2-13(19)3-5-14/h1-7,9,18-19H,8,10,17H2. The Balaban J connectivity index is 1.79. The summed E-state index contributed by atoms with van der Waals surface area (Å²) in [5.74, 6) is 0.967. The van der Waals surface area contributed by atoms with Crippen LogP contribution < -0.4 is 10.5 Å². The van der Waals surface area contributed by atoms with Crippen LogP contribution in [0.3, 0.4) is 0 Å². The Bertz CT molecular complexity index is 717. The molecule has 0 radical (unpaired) electrons. The number of hydrogen-bond acceptors (Lipinski definition) is 3. The number of H-pyrrole nitrogens is 1. The largest absolute Gasteiger partial charge is 0.508 e. The molecule has 20 heavy (non-hydrogen) atoms. The fraction of sp³-hybridized carbons (Fsp3) is 0.125. The maximum absolute atomic E-state index is 9.23. The molecule has 0 saturated heterocycles. The lowest BCUT2D eigenvalue weighted by Gasteiger charge is -2.05. The summed E-state index contributed by atoms with van der Waals surface area (Å²) in [6.07, 6.45) is 1.95. The first-order chi connectivity index (χ1) is 9.76. The third kappa shape index (κ3) is 2.46. The van der Waals surface area contributed by atoms with E-state index in [1.54, 1.807) is 24.3 Å². The van der Waals surface area contributed by atoms with Crippen LogP contribution in [0.4, 0.5) is 0 Å². The van der Waals surface area contributed by atoms with Crippen LogP contribution in [0.25, 0.3) is 10.9 Å². The third-order valence-electron chi connectivity index (χ3n) is 3.30. The minimum absolute atomic E-state index is 0.235. The Morgan fingerprint density at radius 2 is 1.90 bits per heavy atom. The predicted octanol–water partition coefficient (Wildman–Crippen LogP) is 2.91. The molecule has 0 unspecified atom stereocenters. The molecule has 0 bridgehead atoms. The Labute approximate surface area is 116 Å². The highest BCUT2D eigenvalue weighted by molar-refractivity contribution is 5.83. The molecule has 2 aromatic carbocycles. The number of rotatable bonds is 4. The predicted molar refractivity (Wildman–Crippen MR) is 78.6 cm³/mol. The quantitative estimate of drug-likeness (QED) is 0.681. The summed E-state index contributed by atoms with van der Waals surface area (Å²) >= 11 is 0. The highest BCUT2D eigenvalue weighted by atomic mass is 16.5. The first kappa shape index (κ1) is 12.6. The van der Waals surface area contributed by atoms with Crippen molar-refractivity contribution < 1.29 is 9.84 Å².